The summed E-state index contributed by atoms with van der Waals surface area (Å²) in [6, 6.07) is 17.5. The zero-order chi connectivity index (χ0) is 17.4. The maximum absolute atomic E-state index is 12.5. The fourth-order valence-electron chi connectivity index (χ4n) is 2.82. The lowest BCUT2D eigenvalue weighted by Gasteiger charge is -2.11. The molecule has 0 fully saturated rings. The summed E-state index contributed by atoms with van der Waals surface area (Å²) in [5, 5.41) is 8.81. The van der Waals surface area contributed by atoms with Crippen molar-refractivity contribution in [2.24, 2.45) is 0 Å². The number of nitrogens with zero attached hydrogens (tertiary/aromatic N) is 1. The normalized spacial score (nSPS) is 12.8. The lowest BCUT2D eigenvalue weighted by molar-refractivity contribution is 0.0960. The summed E-state index contributed by atoms with van der Waals surface area (Å²) < 4.78 is 5.60. The Kier molecular flexibility index (Phi) is 3.41. The van der Waals surface area contributed by atoms with Gasteiger partial charge in [0.2, 0.25) is 5.78 Å². The zero-order valence-electron chi connectivity index (χ0n) is 13.0. The molecule has 3 aromatic rings. The highest BCUT2D eigenvalue weighted by molar-refractivity contribution is 6.27. The number of carbonyl (C=O) groups is 2. The average molecular weight is 325 g/mol. The third-order valence-corrected chi connectivity index (χ3v) is 4.10. The molecule has 1 aliphatic carbocycles. The minimum absolute atomic E-state index is 0.0863. The van der Waals surface area contributed by atoms with Crippen molar-refractivity contribution in [3.63, 3.8) is 0 Å². The van der Waals surface area contributed by atoms with Crippen molar-refractivity contribution in [3.8, 4) is 6.07 Å². The minimum Gasteiger partial charge on any atom is -0.452 e. The first-order chi connectivity index (χ1) is 12.2. The third-order valence-electron chi connectivity index (χ3n) is 4.10. The molecule has 0 atom stereocenters. The average Bonchev–Trinajstić information content (AvgIpc) is 3.10. The molecule has 0 saturated heterocycles. The van der Waals surface area contributed by atoms with Gasteiger partial charge in [-0.2, -0.15) is 5.26 Å². The van der Waals surface area contributed by atoms with Crippen LogP contribution in [-0.4, -0.2) is 11.6 Å². The summed E-state index contributed by atoms with van der Waals surface area (Å²) in [4.78, 5) is 25.1. The van der Waals surface area contributed by atoms with Crippen molar-refractivity contribution < 1.29 is 14.0 Å². The fraction of sp³-hybridized carbons (Fsp3) is 0. The van der Waals surface area contributed by atoms with Crippen LogP contribution >= 0.6 is 0 Å². The topological polar surface area (TPSA) is 71.1 Å². The Morgan fingerprint density at radius 2 is 1.52 bits per heavy atom. The predicted molar refractivity (Wildman–Crippen MR) is 92.1 cm³/mol. The van der Waals surface area contributed by atoms with Gasteiger partial charge in [-0.1, -0.05) is 42.5 Å². The van der Waals surface area contributed by atoms with E-state index in [-0.39, 0.29) is 17.3 Å². The molecule has 0 unspecified atom stereocenters. The van der Waals surface area contributed by atoms with Crippen molar-refractivity contribution in [2.75, 3.05) is 0 Å². The number of fused-ring (bicyclic) bond motifs is 2. The molecule has 0 amide bonds. The molecule has 0 N–H and O–H groups in total. The van der Waals surface area contributed by atoms with E-state index in [4.69, 9.17) is 9.68 Å². The smallest absolute Gasteiger partial charge is 0.229 e. The van der Waals surface area contributed by atoms with Crippen molar-refractivity contribution in [1.29, 1.82) is 5.26 Å². The van der Waals surface area contributed by atoms with E-state index < -0.39 is 0 Å². The summed E-state index contributed by atoms with van der Waals surface area (Å²) in [5.74, 6) is 0.0437. The first kappa shape index (κ1) is 14.9. The van der Waals surface area contributed by atoms with Gasteiger partial charge < -0.3 is 4.42 Å². The second kappa shape index (κ2) is 5.73. The molecule has 2 aromatic carbocycles. The number of ketones is 2. The minimum atomic E-state index is -0.275. The van der Waals surface area contributed by atoms with Gasteiger partial charge >= 0.3 is 0 Å². The molecule has 0 saturated carbocycles. The summed E-state index contributed by atoms with van der Waals surface area (Å²) >= 11 is 0. The molecule has 4 rings (SSSR count). The van der Waals surface area contributed by atoms with Gasteiger partial charge in [0.05, 0.1) is 17.2 Å². The summed E-state index contributed by atoms with van der Waals surface area (Å²) in [5.41, 5.74) is 2.54. The monoisotopic (exact) mass is 325 g/mol. The standard InChI is InChI=1S/C21H11NO3/c22-12-14-7-5-13(6-8-14)9-10-15-11-18-19(23)16-3-1-2-4-17(16)20(24)21(18)25-15/h1-11H/b10-9+. The SMILES string of the molecule is N#Cc1ccc(/C=C/c2cc3c(o2)C(=O)c2ccccc2C3=O)cc1. The van der Waals surface area contributed by atoms with Gasteiger partial charge in [0.25, 0.3) is 0 Å². The summed E-state index contributed by atoms with van der Waals surface area (Å²) in [6.07, 6.45) is 3.50. The zero-order valence-corrected chi connectivity index (χ0v) is 13.0. The molecular weight excluding hydrogens is 314 g/mol. The van der Waals surface area contributed by atoms with Crippen LogP contribution in [0.1, 0.15) is 48.9 Å². The Bertz CT molecular complexity index is 1030. The van der Waals surface area contributed by atoms with E-state index in [0.717, 1.165) is 5.56 Å². The van der Waals surface area contributed by atoms with Crippen LogP contribution in [0.5, 0.6) is 0 Å². The molecule has 4 heteroatoms. The lowest BCUT2D eigenvalue weighted by atomic mass is 9.89. The fourth-order valence-corrected chi connectivity index (χ4v) is 2.82. The van der Waals surface area contributed by atoms with Gasteiger partial charge in [-0.15, -0.1) is 0 Å². The van der Waals surface area contributed by atoms with Gasteiger partial charge in [0.1, 0.15) is 5.76 Å². The number of furan rings is 1. The van der Waals surface area contributed by atoms with Crippen molar-refractivity contribution >= 4 is 23.7 Å². The molecule has 25 heavy (non-hydrogen) atoms. The van der Waals surface area contributed by atoms with E-state index >= 15 is 0 Å². The number of rotatable bonds is 2. The van der Waals surface area contributed by atoms with Gasteiger partial charge in [0, 0.05) is 11.1 Å². The van der Waals surface area contributed by atoms with Gasteiger partial charge in [0.15, 0.2) is 11.5 Å². The number of benzene rings is 2. The van der Waals surface area contributed by atoms with E-state index in [1.165, 1.54) is 0 Å². The van der Waals surface area contributed by atoms with Crippen molar-refractivity contribution in [2.45, 2.75) is 0 Å². The second-order valence-electron chi connectivity index (χ2n) is 5.66. The van der Waals surface area contributed by atoms with E-state index in [1.54, 1.807) is 54.6 Å². The first-order valence-corrected chi connectivity index (χ1v) is 7.68. The highest BCUT2D eigenvalue weighted by Gasteiger charge is 2.32. The van der Waals surface area contributed by atoms with Gasteiger partial charge in [-0.25, -0.2) is 0 Å². The molecule has 4 nitrogen and oxygen atoms in total. The van der Waals surface area contributed by atoms with Crippen LogP contribution in [-0.2, 0) is 0 Å². The molecule has 0 bridgehead atoms. The summed E-state index contributed by atoms with van der Waals surface area (Å²) in [6.45, 7) is 0. The molecule has 1 aromatic heterocycles. The van der Waals surface area contributed by atoms with E-state index in [1.807, 2.05) is 12.1 Å². The van der Waals surface area contributed by atoms with Crippen LogP contribution in [0.15, 0.2) is 59.0 Å². The lowest BCUT2D eigenvalue weighted by Crippen LogP contribution is -2.18. The largest absolute Gasteiger partial charge is 0.452 e. The summed E-state index contributed by atoms with van der Waals surface area (Å²) in [7, 11) is 0. The van der Waals surface area contributed by atoms with Gasteiger partial charge in [-0.3, -0.25) is 9.59 Å². The van der Waals surface area contributed by atoms with Crippen LogP contribution in [0.2, 0.25) is 0 Å². The quantitative estimate of drug-likeness (QED) is 0.556. The Hall–Kier alpha value is -3.71. The maximum atomic E-state index is 12.5. The molecular formula is C21H11NO3. The Labute approximate surface area is 143 Å². The highest BCUT2D eigenvalue weighted by atomic mass is 16.3. The molecule has 0 spiro atoms. The highest BCUT2D eigenvalue weighted by Crippen LogP contribution is 2.30. The predicted octanol–water partition coefficient (Wildman–Crippen LogP) is 4.10. The van der Waals surface area contributed by atoms with Gasteiger partial charge in [-0.05, 0) is 29.8 Å². The maximum Gasteiger partial charge on any atom is 0.229 e. The Morgan fingerprint density at radius 3 is 2.20 bits per heavy atom. The first-order valence-electron chi connectivity index (χ1n) is 7.68. The van der Waals surface area contributed by atoms with Crippen LogP contribution in [0, 0.1) is 11.3 Å². The van der Waals surface area contributed by atoms with E-state index in [0.29, 0.717) is 28.0 Å². The molecule has 118 valence electrons. The van der Waals surface area contributed by atoms with E-state index in [9.17, 15) is 9.59 Å². The van der Waals surface area contributed by atoms with Crippen LogP contribution in [0.25, 0.3) is 12.2 Å². The molecule has 1 heterocycles. The number of nitriles is 1. The van der Waals surface area contributed by atoms with Crippen molar-refractivity contribution in [1.82, 2.24) is 0 Å². The number of hydrogen-bond donors (Lipinski definition) is 0. The molecule has 1 aliphatic rings. The molecule has 0 radical (unpaired) electrons. The number of carbonyl (C=O) groups excluding carboxylic acids is 2. The molecule has 0 aliphatic heterocycles. The third kappa shape index (κ3) is 2.48. The Balaban J connectivity index is 1.68. The van der Waals surface area contributed by atoms with Crippen LogP contribution < -0.4 is 0 Å². The van der Waals surface area contributed by atoms with E-state index in [2.05, 4.69) is 6.07 Å². The Morgan fingerprint density at radius 1 is 0.840 bits per heavy atom. The van der Waals surface area contributed by atoms with Crippen LogP contribution in [0.4, 0.5) is 0 Å². The van der Waals surface area contributed by atoms with Crippen molar-refractivity contribution in [3.05, 3.63) is 93.9 Å². The second-order valence-corrected chi connectivity index (χ2v) is 5.66. The number of hydrogen-bond acceptors (Lipinski definition) is 4. The van der Waals surface area contributed by atoms with Crippen LogP contribution in [0.3, 0.4) is 0 Å².